The van der Waals surface area contributed by atoms with Crippen LogP contribution in [0.5, 0.6) is 0 Å². The second kappa shape index (κ2) is 5.09. The van der Waals surface area contributed by atoms with Crippen LogP contribution in [0, 0.1) is 6.92 Å². The topological polar surface area (TPSA) is 96.5 Å². The number of allylic oxidation sites excluding steroid dienone is 2. The number of amides is 1. The molecule has 0 unspecified atom stereocenters. The van der Waals surface area contributed by atoms with Crippen LogP contribution in [0.1, 0.15) is 23.4 Å². The van der Waals surface area contributed by atoms with E-state index in [4.69, 9.17) is 5.73 Å². The van der Waals surface area contributed by atoms with Crippen molar-refractivity contribution in [3.05, 3.63) is 33.4 Å². The first kappa shape index (κ1) is 14.0. The standard InChI is InChI=1S/C14H15N3O3S/c1-7-10(21-6-16-7)5-3-8-2-4-9-11(15)13(18)17(9)12(8)14(19)20/h3,5-6,9,11H,2,4,15H2,1H3,(H,19,20)/b5-3-/t9-,11+/m1/s1. The Kier molecular flexibility index (Phi) is 3.38. The maximum absolute atomic E-state index is 11.8. The number of carbonyl (C=O) groups is 2. The lowest BCUT2D eigenvalue weighted by Gasteiger charge is -2.48. The van der Waals surface area contributed by atoms with E-state index in [1.165, 1.54) is 16.2 Å². The number of nitrogens with two attached hydrogens (primary N) is 1. The van der Waals surface area contributed by atoms with Crippen molar-refractivity contribution >= 4 is 29.3 Å². The van der Waals surface area contributed by atoms with Crippen molar-refractivity contribution in [3.8, 4) is 0 Å². The van der Waals surface area contributed by atoms with E-state index in [0.717, 1.165) is 10.6 Å². The smallest absolute Gasteiger partial charge is 0.352 e. The van der Waals surface area contributed by atoms with E-state index in [9.17, 15) is 14.7 Å². The number of aliphatic carboxylic acids is 1. The highest BCUT2D eigenvalue weighted by molar-refractivity contribution is 7.10. The van der Waals surface area contributed by atoms with Crippen LogP contribution >= 0.6 is 11.3 Å². The van der Waals surface area contributed by atoms with Gasteiger partial charge in [0.2, 0.25) is 5.91 Å². The molecule has 1 aromatic heterocycles. The van der Waals surface area contributed by atoms with Gasteiger partial charge in [0.25, 0.3) is 0 Å². The number of carbonyl (C=O) groups excluding carboxylic acids is 1. The number of fused-ring (bicyclic) bond motifs is 1. The van der Waals surface area contributed by atoms with Crippen molar-refractivity contribution in [1.82, 2.24) is 9.88 Å². The summed E-state index contributed by atoms with van der Waals surface area (Å²) in [5, 5.41) is 9.41. The normalized spacial score (nSPS) is 25.2. The van der Waals surface area contributed by atoms with Crippen molar-refractivity contribution in [2.75, 3.05) is 0 Å². The monoisotopic (exact) mass is 305 g/mol. The molecule has 1 fully saturated rings. The third kappa shape index (κ3) is 2.18. The Labute approximate surface area is 125 Å². The SMILES string of the molecule is Cc1ncsc1/C=C\C1=C(C(=O)O)N2C(=O)[C@@H](N)[C@H]2CC1. The summed E-state index contributed by atoms with van der Waals surface area (Å²) in [6.45, 7) is 1.90. The predicted octanol–water partition coefficient (Wildman–Crippen LogP) is 1.14. The Morgan fingerprint density at radius 2 is 2.33 bits per heavy atom. The maximum Gasteiger partial charge on any atom is 0.352 e. The van der Waals surface area contributed by atoms with Crippen LogP contribution in [0.4, 0.5) is 0 Å². The number of aryl methyl sites for hydroxylation is 1. The molecule has 0 bridgehead atoms. The number of rotatable bonds is 3. The molecule has 2 aliphatic rings. The van der Waals surface area contributed by atoms with Gasteiger partial charge in [0.1, 0.15) is 11.7 Å². The van der Waals surface area contributed by atoms with Crippen LogP contribution in [-0.4, -0.2) is 39.0 Å². The van der Waals surface area contributed by atoms with E-state index in [1.807, 2.05) is 13.0 Å². The van der Waals surface area contributed by atoms with E-state index in [2.05, 4.69) is 4.98 Å². The van der Waals surface area contributed by atoms with Gasteiger partial charge in [-0.2, -0.15) is 0 Å². The fraction of sp³-hybridized carbons (Fsp3) is 0.357. The molecule has 1 aromatic rings. The molecule has 0 spiro atoms. The summed E-state index contributed by atoms with van der Waals surface area (Å²) in [4.78, 5) is 29.8. The molecule has 0 radical (unpaired) electrons. The van der Waals surface area contributed by atoms with Crippen LogP contribution in [0.3, 0.4) is 0 Å². The molecule has 7 heteroatoms. The number of β-lactam (4-membered cyclic amide) rings is 1. The number of carboxylic acid groups (broad SMARTS) is 1. The highest BCUT2D eigenvalue weighted by Gasteiger charge is 2.50. The van der Waals surface area contributed by atoms with Gasteiger partial charge in [-0.1, -0.05) is 6.08 Å². The second-order valence-electron chi connectivity index (χ2n) is 5.15. The number of aromatic nitrogens is 1. The predicted molar refractivity (Wildman–Crippen MR) is 78.4 cm³/mol. The highest BCUT2D eigenvalue weighted by atomic mass is 32.1. The Bertz CT molecular complexity index is 677. The number of nitrogens with zero attached hydrogens (tertiary/aromatic N) is 2. The molecule has 6 nitrogen and oxygen atoms in total. The average Bonchev–Trinajstić information content (AvgIpc) is 2.88. The molecular formula is C14H15N3O3S. The third-order valence-electron chi connectivity index (χ3n) is 3.94. The van der Waals surface area contributed by atoms with E-state index in [0.29, 0.717) is 18.4 Å². The maximum atomic E-state index is 11.8. The minimum absolute atomic E-state index is 0.0661. The number of hydrogen-bond acceptors (Lipinski definition) is 5. The molecule has 110 valence electrons. The van der Waals surface area contributed by atoms with Crippen molar-refractivity contribution in [3.63, 3.8) is 0 Å². The van der Waals surface area contributed by atoms with Gasteiger partial charge in [-0.25, -0.2) is 9.78 Å². The van der Waals surface area contributed by atoms with E-state index in [-0.39, 0.29) is 17.6 Å². The first-order valence-corrected chi connectivity index (χ1v) is 7.52. The third-order valence-corrected chi connectivity index (χ3v) is 4.84. The highest BCUT2D eigenvalue weighted by Crippen LogP contribution is 2.36. The van der Waals surface area contributed by atoms with Crippen LogP contribution in [-0.2, 0) is 9.59 Å². The fourth-order valence-corrected chi connectivity index (χ4v) is 3.47. The van der Waals surface area contributed by atoms with Crippen LogP contribution in [0.25, 0.3) is 6.08 Å². The Morgan fingerprint density at radius 3 is 2.95 bits per heavy atom. The molecular weight excluding hydrogens is 290 g/mol. The average molecular weight is 305 g/mol. The van der Waals surface area contributed by atoms with E-state index >= 15 is 0 Å². The zero-order valence-electron chi connectivity index (χ0n) is 11.4. The minimum Gasteiger partial charge on any atom is -0.477 e. The summed E-state index contributed by atoms with van der Waals surface area (Å²) < 4.78 is 0. The molecule has 3 N–H and O–H groups in total. The summed E-state index contributed by atoms with van der Waals surface area (Å²) in [7, 11) is 0. The molecule has 0 aromatic carbocycles. The molecule has 1 saturated heterocycles. The van der Waals surface area contributed by atoms with Gasteiger partial charge in [-0.15, -0.1) is 11.3 Å². The van der Waals surface area contributed by atoms with Crippen LogP contribution < -0.4 is 5.73 Å². The van der Waals surface area contributed by atoms with Crippen molar-refractivity contribution in [2.24, 2.45) is 5.73 Å². The Hall–Kier alpha value is -1.99. The van der Waals surface area contributed by atoms with E-state index < -0.39 is 12.0 Å². The van der Waals surface area contributed by atoms with Crippen molar-refractivity contribution < 1.29 is 14.7 Å². The van der Waals surface area contributed by atoms with Gasteiger partial charge in [0.15, 0.2) is 0 Å². The summed E-state index contributed by atoms with van der Waals surface area (Å²) in [5.74, 6) is -1.39. The lowest BCUT2D eigenvalue weighted by molar-refractivity contribution is -0.152. The van der Waals surface area contributed by atoms with Gasteiger partial charge >= 0.3 is 5.97 Å². The molecule has 21 heavy (non-hydrogen) atoms. The minimum atomic E-state index is -1.08. The molecule has 0 aliphatic carbocycles. The van der Waals surface area contributed by atoms with Gasteiger partial charge in [0.05, 0.1) is 17.2 Å². The summed E-state index contributed by atoms with van der Waals surface area (Å²) in [6.07, 6.45) is 4.94. The molecule has 1 amide bonds. The van der Waals surface area contributed by atoms with Gasteiger partial charge in [0, 0.05) is 4.88 Å². The summed E-state index contributed by atoms with van der Waals surface area (Å²) >= 11 is 1.50. The van der Waals surface area contributed by atoms with Crippen molar-refractivity contribution in [2.45, 2.75) is 31.8 Å². The van der Waals surface area contributed by atoms with E-state index in [1.54, 1.807) is 11.6 Å². The molecule has 2 aliphatic heterocycles. The quantitative estimate of drug-likeness (QED) is 0.816. The first-order valence-electron chi connectivity index (χ1n) is 6.64. The number of hydrogen-bond donors (Lipinski definition) is 2. The van der Waals surface area contributed by atoms with Crippen LogP contribution in [0.2, 0.25) is 0 Å². The summed E-state index contributed by atoms with van der Waals surface area (Å²) in [5.41, 5.74) is 9.10. The van der Waals surface area contributed by atoms with Gasteiger partial charge in [-0.3, -0.25) is 9.69 Å². The lowest BCUT2D eigenvalue weighted by atomic mass is 9.84. The number of carboxylic acids is 1. The first-order chi connectivity index (χ1) is 10.0. The zero-order chi connectivity index (χ0) is 15.1. The second-order valence-corrected chi connectivity index (χ2v) is 6.04. The summed E-state index contributed by atoms with van der Waals surface area (Å²) in [6, 6.07) is -0.737. The van der Waals surface area contributed by atoms with Crippen molar-refractivity contribution in [1.29, 1.82) is 0 Å². The molecule has 0 saturated carbocycles. The Morgan fingerprint density at radius 1 is 1.57 bits per heavy atom. The molecule has 3 rings (SSSR count). The molecule has 3 heterocycles. The zero-order valence-corrected chi connectivity index (χ0v) is 12.3. The lowest BCUT2D eigenvalue weighted by Crippen LogP contribution is -2.69. The van der Waals surface area contributed by atoms with Gasteiger partial charge < -0.3 is 10.8 Å². The Balaban J connectivity index is 1.95. The largest absolute Gasteiger partial charge is 0.477 e. The number of thiazole rings is 1. The molecule has 2 atom stereocenters. The van der Waals surface area contributed by atoms with Gasteiger partial charge in [-0.05, 0) is 31.4 Å². The van der Waals surface area contributed by atoms with Crippen LogP contribution in [0.15, 0.2) is 22.9 Å². The fourth-order valence-electron chi connectivity index (χ4n) is 2.78.